The maximum atomic E-state index is 12.7. The number of rotatable bonds is 4. The second-order valence-corrected chi connectivity index (χ2v) is 6.13. The number of fused-ring (bicyclic) bond motifs is 1. The van der Waals surface area contributed by atoms with E-state index in [0.29, 0.717) is 22.7 Å². The maximum Gasteiger partial charge on any atom is 0.312 e. The van der Waals surface area contributed by atoms with Crippen molar-refractivity contribution < 1.29 is 14.5 Å². The van der Waals surface area contributed by atoms with Gasteiger partial charge in [0, 0.05) is 22.4 Å². The Labute approximate surface area is 150 Å². The summed E-state index contributed by atoms with van der Waals surface area (Å²) in [6.45, 7) is 1.73. The first kappa shape index (κ1) is 16.9. The number of aryl methyl sites for hydroxylation is 1. The number of ether oxygens (including phenoxy) is 1. The Hall–Kier alpha value is -2.94. The molecule has 0 aliphatic rings. The van der Waals surface area contributed by atoms with E-state index < -0.39 is 10.8 Å². The van der Waals surface area contributed by atoms with Gasteiger partial charge in [-0.25, -0.2) is 4.98 Å². The number of hydrogen-bond acceptors (Lipinski definition) is 5. The molecule has 9 heteroatoms. The van der Waals surface area contributed by atoms with E-state index in [-0.39, 0.29) is 11.4 Å². The van der Waals surface area contributed by atoms with Crippen molar-refractivity contribution in [2.45, 2.75) is 6.92 Å². The van der Waals surface area contributed by atoms with E-state index in [0.717, 1.165) is 4.47 Å². The molecule has 0 fully saturated rings. The van der Waals surface area contributed by atoms with Crippen LogP contribution in [0, 0.1) is 17.0 Å². The highest BCUT2D eigenvalue weighted by atomic mass is 79.9. The lowest BCUT2D eigenvalue weighted by Crippen LogP contribution is -2.15. The van der Waals surface area contributed by atoms with Crippen LogP contribution in [0.1, 0.15) is 16.2 Å². The number of halogens is 1. The summed E-state index contributed by atoms with van der Waals surface area (Å²) in [5.74, 6) is -0.291. The first-order chi connectivity index (χ1) is 11.9. The van der Waals surface area contributed by atoms with Crippen LogP contribution in [0.3, 0.4) is 0 Å². The van der Waals surface area contributed by atoms with Crippen LogP contribution < -0.4 is 10.1 Å². The van der Waals surface area contributed by atoms with E-state index in [9.17, 15) is 14.9 Å². The number of imidazole rings is 1. The Balaban J connectivity index is 1.98. The van der Waals surface area contributed by atoms with Gasteiger partial charge in [-0.3, -0.25) is 19.3 Å². The first-order valence-electron chi connectivity index (χ1n) is 7.18. The summed E-state index contributed by atoms with van der Waals surface area (Å²) >= 11 is 3.36. The zero-order chi connectivity index (χ0) is 18.1. The number of methoxy groups -OCH3 is 1. The number of hydrogen-bond donors (Lipinski definition) is 1. The number of amides is 1. The minimum Gasteiger partial charge on any atom is -0.490 e. The van der Waals surface area contributed by atoms with Gasteiger partial charge in [0.05, 0.1) is 17.7 Å². The number of nitro groups is 1. The summed E-state index contributed by atoms with van der Waals surface area (Å²) < 4.78 is 7.41. The molecule has 1 amide bonds. The van der Waals surface area contributed by atoms with E-state index in [1.165, 1.54) is 25.3 Å². The predicted molar refractivity (Wildman–Crippen MR) is 95.2 cm³/mol. The summed E-state index contributed by atoms with van der Waals surface area (Å²) in [5.41, 5.74) is 1.61. The van der Waals surface area contributed by atoms with Gasteiger partial charge >= 0.3 is 5.69 Å². The van der Waals surface area contributed by atoms with E-state index in [4.69, 9.17) is 4.74 Å². The summed E-state index contributed by atoms with van der Waals surface area (Å²) in [4.78, 5) is 27.6. The zero-order valence-electron chi connectivity index (χ0n) is 13.3. The normalized spacial score (nSPS) is 10.7. The Bertz CT molecular complexity index is 999. The zero-order valence-corrected chi connectivity index (χ0v) is 14.9. The first-order valence-corrected chi connectivity index (χ1v) is 7.98. The summed E-state index contributed by atoms with van der Waals surface area (Å²) in [6.07, 6.45) is 1.74. The van der Waals surface area contributed by atoms with Crippen molar-refractivity contribution in [3.8, 4) is 5.75 Å². The fourth-order valence-electron chi connectivity index (χ4n) is 2.51. The van der Waals surface area contributed by atoms with Gasteiger partial charge in [-0.15, -0.1) is 0 Å². The van der Waals surface area contributed by atoms with Gasteiger partial charge < -0.3 is 10.1 Å². The Morgan fingerprint density at radius 1 is 1.36 bits per heavy atom. The number of anilines is 1. The standard InChI is InChI=1S/C16H13BrN4O4/c1-9-15(20-8-10(17)3-6-14(20)18-9)16(22)19-11-4-5-13(25-2)12(7-11)21(23)24/h3-8H,1-2H3,(H,19,22). The summed E-state index contributed by atoms with van der Waals surface area (Å²) in [5, 5.41) is 13.8. The van der Waals surface area contributed by atoms with Crippen LogP contribution in [0.15, 0.2) is 41.0 Å². The molecule has 8 nitrogen and oxygen atoms in total. The third-order valence-electron chi connectivity index (χ3n) is 3.61. The van der Waals surface area contributed by atoms with Gasteiger partial charge in [-0.2, -0.15) is 0 Å². The minimum atomic E-state index is -0.564. The van der Waals surface area contributed by atoms with Crippen molar-refractivity contribution in [3.63, 3.8) is 0 Å². The highest BCUT2D eigenvalue weighted by Crippen LogP contribution is 2.30. The molecule has 25 heavy (non-hydrogen) atoms. The molecule has 0 unspecified atom stereocenters. The number of carbonyl (C=O) groups excluding carboxylic acids is 1. The highest BCUT2D eigenvalue weighted by molar-refractivity contribution is 9.10. The molecule has 2 aromatic heterocycles. The number of aromatic nitrogens is 2. The lowest BCUT2D eigenvalue weighted by Gasteiger charge is -2.08. The molecule has 0 saturated carbocycles. The summed E-state index contributed by atoms with van der Waals surface area (Å²) in [6, 6.07) is 7.84. The second-order valence-electron chi connectivity index (χ2n) is 5.22. The predicted octanol–water partition coefficient (Wildman–Crippen LogP) is 3.57. The minimum absolute atomic E-state index is 0.123. The van der Waals surface area contributed by atoms with Gasteiger partial charge in [0.2, 0.25) is 0 Å². The summed E-state index contributed by atoms with van der Waals surface area (Å²) in [7, 11) is 1.35. The average molecular weight is 405 g/mol. The van der Waals surface area contributed by atoms with Gasteiger partial charge in [-0.05, 0) is 47.1 Å². The van der Waals surface area contributed by atoms with Gasteiger partial charge in [0.15, 0.2) is 5.75 Å². The molecular weight excluding hydrogens is 392 g/mol. The lowest BCUT2D eigenvalue weighted by molar-refractivity contribution is -0.385. The molecule has 0 spiro atoms. The van der Waals surface area contributed by atoms with E-state index >= 15 is 0 Å². The van der Waals surface area contributed by atoms with E-state index in [2.05, 4.69) is 26.2 Å². The van der Waals surface area contributed by atoms with Crippen LogP contribution in [-0.2, 0) is 0 Å². The van der Waals surface area contributed by atoms with Gasteiger partial charge in [0.1, 0.15) is 11.3 Å². The van der Waals surface area contributed by atoms with Crippen molar-refractivity contribution >= 4 is 38.9 Å². The lowest BCUT2D eigenvalue weighted by atomic mass is 10.2. The van der Waals surface area contributed by atoms with Crippen molar-refractivity contribution in [3.05, 3.63) is 62.5 Å². The number of benzene rings is 1. The van der Waals surface area contributed by atoms with Crippen molar-refractivity contribution in [1.82, 2.24) is 9.38 Å². The number of nitrogens with one attached hydrogen (secondary N) is 1. The number of nitro benzene ring substituents is 1. The average Bonchev–Trinajstić information content (AvgIpc) is 2.89. The fraction of sp³-hybridized carbons (Fsp3) is 0.125. The molecule has 0 atom stereocenters. The largest absolute Gasteiger partial charge is 0.490 e. The van der Waals surface area contributed by atoms with Crippen LogP contribution in [0.2, 0.25) is 0 Å². The van der Waals surface area contributed by atoms with Crippen LogP contribution in [-0.4, -0.2) is 27.3 Å². The van der Waals surface area contributed by atoms with E-state index in [1.807, 2.05) is 6.07 Å². The van der Waals surface area contributed by atoms with Crippen LogP contribution in [0.4, 0.5) is 11.4 Å². The molecule has 0 radical (unpaired) electrons. The van der Waals surface area contributed by atoms with Crippen molar-refractivity contribution in [2.75, 3.05) is 12.4 Å². The third-order valence-corrected chi connectivity index (χ3v) is 4.07. The molecule has 128 valence electrons. The molecule has 2 heterocycles. The number of pyridine rings is 1. The molecule has 1 aromatic carbocycles. The van der Waals surface area contributed by atoms with Crippen LogP contribution in [0.25, 0.3) is 5.65 Å². The molecule has 3 rings (SSSR count). The van der Waals surface area contributed by atoms with Crippen molar-refractivity contribution in [2.24, 2.45) is 0 Å². The third kappa shape index (κ3) is 3.18. The maximum absolute atomic E-state index is 12.7. The molecule has 0 bridgehead atoms. The topological polar surface area (TPSA) is 98.8 Å². The van der Waals surface area contributed by atoms with E-state index in [1.54, 1.807) is 23.6 Å². The quantitative estimate of drug-likeness (QED) is 0.529. The Kier molecular flexibility index (Phi) is 4.41. The second kappa shape index (κ2) is 6.52. The molecule has 1 N–H and O–H groups in total. The fourth-order valence-corrected chi connectivity index (χ4v) is 2.85. The molecule has 0 saturated heterocycles. The molecule has 3 aromatic rings. The van der Waals surface area contributed by atoms with Gasteiger partial charge in [0.25, 0.3) is 5.91 Å². The van der Waals surface area contributed by atoms with Crippen LogP contribution in [0.5, 0.6) is 5.75 Å². The highest BCUT2D eigenvalue weighted by Gasteiger charge is 2.20. The van der Waals surface area contributed by atoms with Gasteiger partial charge in [-0.1, -0.05) is 0 Å². The smallest absolute Gasteiger partial charge is 0.312 e. The Morgan fingerprint density at radius 2 is 2.12 bits per heavy atom. The van der Waals surface area contributed by atoms with Crippen LogP contribution >= 0.6 is 15.9 Å². The number of carbonyl (C=O) groups is 1. The molecule has 0 aliphatic heterocycles. The molecule has 0 aliphatic carbocycles. The SMILES string of the molecule is COc1ccc(NC(=O)c2c(C)nc3ccc(Br)cn23)cc1[N+](=O)[O-]. The number of nitrogens with zero attached hydrogens (tertiary/aromatic N) is 3. The Morgan fingerprint density at radius 3 is 2.80 bits per heavy atom. The van der Waals surface area contributed by atoms with Crippen molar-refractivity contribution in [1.29, 1.82) is 0 Å². The molecular formula is C16H13BrN4O4. The monoisotopic (exact) mass is 404 g/mol.